The lowest BCUT2D eigenvalue weighted by Crippen LogP contribution is -2.59. The van der Waals surface area contributed by atoms with Crippen molar-refractivity contribution in [1.29, 1.82) is 0 Å². The van der Waals surface area contributed by atoms with E-state index in [0.717, 1.165) is 19.6 Å². The molecule has 162 valence electrons. The van der Waals surface area contributed by atoms with Crippen LogP contribution in [0.2, 0.25) is 0 Å². The van der Waals surface area contributed by atoms with Gasteiger partial charge in [0.05, 0.1) is 5.54 Å². The summed E-state index contributed by atoms with van der Waals surface area (Å²) < 4.78 is 0. The van der Waals surface area contributed by atoms with E-state index < -0.39 is 0 Å². The van der Waals surface area contributed by atoms with Crippen LogP contribution in [0.3, 0.4) is 0 Å². The maximum Gasteiger partial charge on any atom is 0.0973 e. The maximum absolute atomic E-state index is 3.81. The first-order valence-electron chi connectivity index (χ1n) is 12.0. The Bertz CT molecular complexity index is 795. The molecule has 1 aliphatic rings. The first-order valence-corrected chi connectivity index (χ1v) is 12.0. The zero-order valence-corrected chi connectivity index (χ0v) is 18.8. The SMILES string of the molecule is CCCCCCC1CN(C(c2ccccc2)(c2ccccc2)c2ccccc2)CCN1. The number of piperazine rings is 1. The number of hydrogen-bond donors (Lipinski definition) is 1. The van der Waals surface area contributed by atoms with Crippen molar-refractivity contribution in [3.05, 3.63) is 108 Å². The summed E-state index contributed by atoms with van der Waals surface area (Å²) in [6, 6.07) is 33.8. The number of rotatable bonds is 9. The number of unbranched alkanes of at least 4 members (excludes halogenated alkanes) is 3. The van der Waals surface area contributed by atoms with Crippen LogP contribution in [0.15, 0.2) is 91.0 Å². The minimum atomic E-state index is -0.284. The van der Waals surface area contributed by atoms with Crippen molar-refractivity contribution in [1.82, 2.24) is 10.2 Å². The number of hydrogen-bond acceptors (Lipinski definition) is 2. The highest BCUT2D eigenvalue weighted by Crippen LogP contribution is 2.42. The fraction of sp³-hybridized carbons (Fsp3) is 0.379. The third-order valence-electron chi connectivity index (χ3n) is 6.71. The number of benzene rings is 3. The highest BCUT2D eigenvalue weighted by Gasteiger charge is 2.43. The average Bonchev–Trinajstić information content (AvgIpc) is 2.85. The van der Waals surface area contributed by atoms with E-state index >= 15 is 0 Å². The van der Waals surface area contributed by atoms with Crippen molar-refractivity contribution < 1.29 is 0 Å². The molecule has 3 aromatic carbocycles. The normalized spacial score (nSPS) is 17.5. The van der Waals surface area contributed by atoms with E-state index in [2.05, 4.69) is 108 Å². The van der Waals surface area contributed by atoms with Crippen LogP contribution in [-0.2, 0) is 5.54 Å². The van der Waals surface area contributed by atoms with E-state index in [1.807, 2.05) is 0 Å². The van der Waals surface area contributed by atoms with Crippen molar-refractivity contribution >= 4 is 0 Å². The lowest BCUT2D eigenvalue weighted by molar-refractivity contribution is 0.107. The van der Waals surface area contributed by atoms with E-state index in [4.69, 9.17) is 0 Å². The Morgan fingerprint density at radius 1 is 0.742 bits per heavy atom. The van der Waals surface area contributed by atoms with Gasteiger partial charge in [0.2, 0.25) is 0 Å². The van der Waals surface area contributed by atoms with Gasteiger partial charge in [0, 0.05) is 25.7 Å². The van der Waals surface area contributed by atoms with Gasteiger partial charge in [-0.3, -0.25) is 4.90 Å². The molecule has 0 radical (unpaired) electrons. The van der Waals surface area contributed by atoms with Crippen LogP contribution in [0.1, 0.15) is 55.7 Å². The Labute approximate surface area is 188 Å². The van der Waals surface area contributed by atoms with Crippen molar-refractivity contribution in [3.63, 3.8) is 0 Å². The second-order valence-electron chi connectivity index (χ2n) is 8.75. The van der Waals surface area contributed by atoms with Crippen LogP contribution in [0, 0.1) is 0 Å². The summed E-state index contributed by atoms with van der Waals surface area (Å²) in [6.45, 7) is 5.41. The molecule has 1 fully saturated rings. The molecule has 1 unspecified atom stereocenters. The van der Waals surface area contributed by atoms with Crippen LogP contribution in [0.25, 0.3) is 0 Å². The van der Waals surface area contributed by atoms with Gasteiger partial charge in [-0.05, 0) is 23.1 Å². The summed E-state index contributed by atoms with van der Waals surface area (Å²) in [5.41, 5.74) is 3.75. The van der Waals surface area contributed by atoms with Crippen molar-refractivity contribution in [3.8, 4) is 0 Å². The minimum Gasteiger partial charge on any atom is -0.311 e. The topological polar surface area (TPSA) is 15.3 Å². The van der Waals surface area contributed by atoms with Crippen molar-refractivity contribution in [2.45, 2.75) is 50.6 Å². The molecule has 1 heterocycles. The molecule has 0 amide bonds. The standard InChI is InChI=1S/C29H36N2/c1-2-3-4-14-21-28-24-31(23-22-30-28)29(25-15-8-5-9-16-25,26-17-10-6-11-18-26)27-19-12-7-13-20-27/h5-13,15-20,28,30H,2-4,14,21-24H2,1H3. The van der Waals surface area contributed by atoms with Crippen LogP contribution < -0.4 is 5.32 Å². The van der Waals surface area contributed by atoms with Gasteiger partial charge in [-0.15, -0.1) is 0 Å². The first-order chi connectivity index (χ1) is 15.4. The summed E-state index contributed by atoms with van der Waals surface area (Å²) in [5.74, 6) is 0. The van der Waals surface area contributed by atoms with Gasteiger partial charge in [-0.2, -0.15) is 0 Å². The summed E-state index contributed by atoms with van der Waals surface area (Å²) in [5, 5.41) is 3.81. The Morgan fingerprint density at radius 2 is 1.26 bits per heavy atom. The second-order valence-corrected chi connectivity index (χ2v) is 8.75. The molecule has 3 aromatic rings. The van der Waals surface area contributed by atoms with E-state index in [9.17, 15) is 0 Å². The van der Waals surface area contributed by atoms with Crippen LogP contribution in [-0.4, -0.2) is 30.6 Å². The molecule has 0 bridgehead atoms. The van der Waals surface area contributed by atoms with E-state index in [0.29, 0.717) is 6.04 Å². The van der Waals surface area contributed by atoms with Gasteiger partial charge in [0.1, 0.15) is 0 Å². The molecule has 31 heavy (non-hydrogen) atoms. The maximum atomic E-state index is 3.81. The molecule has 0 saturated carbocycles. The van der Waals surface area contributed by atoms with Crippen LogP contribution in [0.5, 0.6) is 0 Å². The van der Waals surface area contributed by atoms with Gasteiger partial charge >= 0.3 is 0 Å². The fourth-order valence-corrected chi connectivity index (χ4v) is 5.23. The molecule has 1 atom stereocenters. The monoisotopic (exact) mass is 412 g/mol. The molecular formula is C29H36N2. The Kier molecular flexibility index (Phi) is 7.56. The molecule has 2 nitrogen and oxygen atoms in total. The molecule has 1 aliphatic heterocycles. The van der Waals surface area contributed by atoms with E-state index in [1.54, 1.807) is 0 Å². The minimum absolute atomic E-state index is 0.284. The van der Waals surface area contributed by atoms with Gasteiger partial charge in [-0.1, -0.05) is 124 Å². The summed E-state index contributed by atoms with van der Waals surface area (Å²) in [6.07, 6.45) is 6.55. The molecule has 1 N–H and O–H groups in total. The summed E-state index contributed by atoms with van der Waals surface area (Å²) in [4.78, 5) is 2.73. The summed E-state index contributed by atoms with van der Waals surface area (Å²) >= 11 is 0. The Hall–Kier alpha value is -2.42. The predicted molar refractivity (Wildman–Crippen MR) is 131 cm³/mol. The first kappa shape index (κ1) is 21.8. The molecule has 1 saturated heterocycles. The molecule has 0 spiro atoms. The number of nitrogens with one attached hydrogen (secondary N) is 1. The third-order valence-corrected chi connectivity index (χ3v) is 6.71. The highest BCUT2D eigenvalue weighted by molar-refractivity contribution is 5.49. The van der Waals surface area contributed by atoms with Crippen molar-refractivity contribution in [2.24, 2.45) is 0 Å². The molecule has 4 rings (SSSR count). The molecule has 0 aromatic heterocycles. The molecule has 0 aliphatic carbocycles. The fourth-order valence-electron chi connectivity index (χ4n) is 5.23. The van der Waals surface area contributed by atoms with Gasteiger partial charge in [-0.25, -0.2) is 0 Å². The van der Waals surface area contributed by atoms with Gasteiger partial charge in [0.15, 0.2) is 0 Å². The zero-order chi connectivity index (χ0) is 21.4. The quantitative estimate of drug-likeness (QED) is 0.331. The third kappa shape index (κ3) is 4.76. The average molecular weight is 413 g/mol. The highest BCUT2D eigenvalue weighted by atomic mass is 15.3. The number of nitrogens with zero attached hydrogens (tertiary/aromatic N) is 1. The largest absolute Gasteiger partial charge is 0.311 e. The Balaban J connectivity index is 1.77. The Morgan fingerprint density at radius 3 is 1.74 bits per heavy atom. The van der Waals surface area contributed by atoms with Gasteiger partial charge in [0.25, 0.3) is 0 Å². The summed E-state index contributed by atoms with van der Waals surface area (Å²) in [7, 11) is 0. The lowest BCUT2D eigenvalue weighted by atomic mass is 9.75. The second kappa shape index (κ2) is 10.7. The van der Waals surface area contributed by atoms with Gasteiger partial charge < -0.3 is 5.32 Å². The smallest absolute Gasteiger partial charge is 0.0973 e. The molecule has 2 heteroatoms. The molecular weight excluding hydrogens is 376 g/mol. The van der Waals surface area contributed by atoms with E-state index in [-0.39, 0.29) is 5.54 Å². The zero-order valence-electron chi connectivity index (χ0n) is 18.8. The van der Waals surface area contributed by atoms with E-state index in [1.165, 1.54) is 48.8 Å². The van der Waals surface area contributed by atoms with Crippen molar-refractivity contribution in [2.75, 3.05) is 19.6 Å². The van der Waals surface area contributed by atoms with Crippen LogP contribution >= 0.6 is 0 Å². The van der Waals surface area contributed by atoms with Crippen LogP contribution in [0.4, 0.5) is 0 Å². The predicted octanol–water partition coefficient (Wildman–Crippen LogP) is 6.22. The lowest BCUT2D eigenvalue weighted by Gasteiger charge is -2.49.